The minimum atomic E-state index is -0.784. The third-order valence-corrected chi connectivity index (χ3v) is 14.1. The fourth-order valence-electron chi connectivity index (χ4n) is 9.39. The summed E-state index contributed by atoms with van der Waals surface area (Å²) in [5.74, 6) is -0.894. The van der Waals surface area contributed by atoms with E-state index in [0.29, 0.717) is 19.3 Å². The average molecular weight is 998 g/mol. The molecule has 0 aromatic heterocycles. The Morgan fingerprint density at radius 2 is 0.507 bits per heavy atom. The zero-order chi connectivity index (χ0) is 51.4. The van der Waals surface area contributed by atoms with Gasteiger partial charge < -0.3 is 14.2 Å². The van der Waals surface area contributed by atoms with E-state index in [4.69, 9.17) is 14.2 Å². The molecular weight excluding hydrogens is 877 g/mol. The van der Waals surface area contributed by atoms with Crippen molar-refractivity contribution in [3.63, 3.8) is 0 Å². The summed E-state index contributed by atoms with van der Waals surface area (Å²) in [6, 6.07) is 0. The molecule has 0 rings (SSSR count). The molecule has 0 aliphatic heterocycles. The van der Waals surface area contributed by atoms with Crippen molar-refractivity contribution >= 4 is 17.9 Å². The fraction of sp³-hybridized carbons (Fsp3) is 0.862. The third-order valence-electron chi connectivity index (χ3n) is 14.1. The Morgan fingerprint density at radius 1 is 0.282 bits per heavy atom. The van der Waals surface area contributed by atoms with Crippen molar-refractivity contribution in [3.05, 3.63) is 36.5 Å². The number of allylic oxidation sites excluding steroid dienone is 6. The maximum absolute atomic E-state index is 12.9. The molecule has 0 saturated carbocycles. The number of esters is 3. The van der Waals surface area contributed by atoms with E-state index in [1.54, 1.807) is 0 Å². The average Bonchev–Trinajstić information content (AvgIpc) is 3.37. The van der Waals surface area contributed by atoms with Crippen LogP contribution in [0.5, 0.6) is 0 Å². The van der Waals surface area contributed by atoms with Crippen LogP contribution in [0.25, 0.3) is 0 Å². The van der Waals surface area contributed by atoms with Crippen LogP contribution in [-0.2, 0) is 28.6 Å². The molecule has 0 aromatic carbocycles. The van der Waals surface area contributed by atoms with Gasteiger partial charge in [-0.2, -0.15) is 0 Å². The van der Waals surface area contributed by atoms with Crippen molar-refractivity contribution in [2.24, 2.45) is 0 Å². The number of rotatable bonds is 58. The Hall–Kier alpha value is -2.37. The second-order valence-corrected chi connectivity index (χ2v) is 21.3. The molecule has 0 amide bonds. The third kappa shape index (κ3) is 58.4. The SMILES string of the molecule is CCCCC/C=C\C/C=C\C/C=C\CCCCC(=O)OC[C@H](COC(=O)CCCCCCCCCCCCCCCCCCCCCCC)OC(=O)CCCCCCCCCCCCCCCCCCC. The summed E-state index contributed by atoms with van der Waals surface area (Å²) in [5.41, 5.74) is 0. The van der Waals surface area contributed by atoms with Crippen LogP contribution in [0.4, 0.5) is 0 Å². The van der Waals surface area contributed by atoms with Crippen molar-refractivity contribution in [1.82, 2.24) is 0 Å². The van der Waals surface area contributed by atoms with Gasteiger partial charge in [0.05, 0.1) is 0 Å². The molecule has 71 heavy (non-hydrogen) atoms. The highest BCUT2D eigenvalue weighted by Gasteiger charge is 2.19. The number of unbranched alkanes of at least 4 members (excludes halogenated alkanes) is 41. The van der Waals surface area contributed by atoms with Crippen LogP contribution in [0, 0.1) is 0 Å². The number of hydrogen-bond acceptors (Lipinski definition) is 6. The molecule has 0 aliphatic carbocycles. The van der Waals surface area contributed by atoms with Gasteiger partial charge in [0.1, 0.15) is 13.2 Å². The Bertz CT molecular complexity index is 1190. The van der Waals surface area contributed by atoms with Crippen LogP contribution in [0.2, 0.25) is 0 Å². The first-order valence-corrected chi connectivity index (χ1v) is 31.5. The second-order valence-electron chi connectivity index (χ2n) is 21.3. The molecule has 0 unspecified atom stereocenters. The van der Waals surface area contributed by atoms with Gasteiger partial charge in [-0.25, -0.2) is 0 Å². The summed E-state index contributed by atoms with van der Waals surface area (Å²) >= 11 is 0. The topological polar surface area (TPSA) is 78.9 Å². The first-order valence-electron chi connectivity index (χ1n) is 31.5. The van der Waals surface area contributed by atoms with E-state index in [2.05, 4.69) is 57.2 Å². The molecule has 0 fully saturated rings. The smallest absolute Gasteiger partial charge is 0.306 e. The summed E-state index contributed by atoms with van der Waals surface area (Å²) in [5, 5.41) is 0. The van der Waals surface area contributed by atoms with E-state index in [-0.39, 0.29) is 31.1 Å². The Balaban J connectivity index is 4.33. The Kier molecular flexibility index (Phi) is 58.2. The normalized spacial score (nSPS) is 12.2. The van der Waals surface area contributed by atoms with Gasteiger partial charge in [0.25, 0.3) is 0 Å². The predicted octanol–water partition coefficient (Wildman–Crippen LogP) is 21.2. The van der Waals surface area contributed by atoms with Crippen molar-refractivity contribution in [2.75, 3.05) is 13.2 Å². The maximum Gasteiger partial charge on any atom is 0.306 e. The molecule has 0 bridgehead atoms. The highest BCUT2D eigenvalue weighted by atomic mass is 16.6. The molecule has 6 nitrogen and oxygen atoms in total. The van der Waals surface area contributed by atoms with Crippen molar-refractivity contribution in [1.29, 1.82) is 0 Å². The molecule has 0 N–H and O–H groups in total. The van der Waals surface area contributed by atoms with Gasteiger partial charge in [-0.3, -0.25) is 14.4 Å². The molecule has 0 spiro atoms. The van der Waals surface area contributed by atoms with Gasteiger partial charge in [-0.15, -0.1) is 0 Å². The van der Waals surface area contributed by atoms with Gasteiger partial charge in [0.2, 0.25) is 0 Å². The Labute approximate surface area is 442 Å². The molecule has 0 aliphatic rings. The summed E-state index contributed by atoms with van der Waals surface area (Å²) in [4.78, 5) is 38.3. The van der Waals surface area contributed by atoms with Crippen LogP contribution >= 0.6 is 0 Å². The number of hydrogen-bond donors (Lipinski definition) is 0. The maximum atomic E-state index is 12.9. The van der Waals surface area contributed by atoms with Crippen molar-refractivity contribution in [3.8, 4) is 0 Å². The first kappa shape index (κ1) is 68.6. The molecule has 0 heterocycles. The second kappa shape index (κ2) is 60.2. The number of carbonyl (C=O) groups is 3. The largest absolute Gasteiger partial charge is 0.462 e. The summed E-state index contributed by atoms with van der Waals surface area (Å²) in [6.07, 6.45) is 72.9. The fourth-order valence-corrected chi connectivity index (χ4v) is 9.39. The highest BCUT2D eigenvalue weighted by Crippen LogP contribution is 2.18. The Morgan fingerprint density at radius 3 is 0.817 bits per heavy atom. The van der Waals surface area contributed by atoms with E-state index < -0.39 is 6.10 Å². The van der Waals surface area contributed by atoms with Crippen LogP contribution in [-0.4, -0.2) is 37.2 Å². The quantitative estimate of drug-likeness (QED) is 0.0261. The lowest BCUT2D eigenvalue weighted by atomic mass is 10.0. The molecule has 6 heteroatoms. The predicted molar refractivity (Wildman–Crippen MR) is 307 cm³/mol. The van der Waals surface area contributed by atoms with Gasteiger partial charge in [0, 0.05) is 19.3 Å². The zero-order valence-electron chi connectivity index (χ0n) is 47.8. The minimum Gasteiger partial charge on any atom is -0.462 e. The molecule has 0 aromatic rings. The zero-order valence-corrected chi connectivity index (χ0v) is 47.8. The molecule has 0 radical (unpaired) electrons. The minimum absolute atomic E-state index is 0.0787. The molecular formula is C65H120O6. The van der Waals surface area contributed by atoms with Gasteiger partial charge in [0.15, 0.2) is 6.10 Å². The van der Waals surface area contributed by atoms with Crippen LogP contribution < -0.4 is 0 Å². The molecule has 0 saturated heterocycles. The first-order chi connectivity index (χ1) is 35.0. The molecule has 1 atom stereocenters. The van der Waals surface area contributed by atoms with Gasteiger partial charge in [-0.05, 0) is 57.8 Å². The highest BCUT2D eigenvalue weighted by molar-refractivity contribution is 5.71. The summed E-state index contributed by atoms with van der Waals surface area (Å²) < 4.78 is 16.9. The van der Waals surface area contributed by atoms with E-state index in [9.17, 15) is 14.4 Å². The standard InChI is InChI=1S/C65H120O6/c1-4-7-10-13-16-19-22-25-28-30-31-32-33-35-37-40-43-46-49-52-55-58-64(67)70-61-62(60-69-63(66)57-54-51-48-45-42-39-36-27-24-21-18-15-12-9-6-3)71-65(68)59-56-53-50-47-44-41-38-34-29-26-23-20-17-14-11-8-5-2/h18,21,27,36,42,45,62H,4-17,19-20,22-26,28-35,37-41,43-44,46-61H2,1-3H3/b21-18-,36-27-,45-42-/t62-/m1/s1. The van der Waals surface area contributed by atoms with E-state index in [1.807, 2.05) is 0 Å². The summed E-state index contributed by atoms with van der Waals surface area (Å²) in [7, 11) is 0. The van der Waals surface area contributed by atoms with Gasteiger partial charge in [-0.1, -0.05) is 301 Å². The van der Waals surface area contributed by atoms with Crippen LogP contribution in [0.1, 0.15) is 342 Å². The molecule has 416 valence electrons. The lowest BCUT2D eigenvalue weighted by molar-refractivity contribution is -0.167. The van der Waals surface area contributed by atoms with Gasteiger partial charge >= 0.3 is 17.9 Å². The monoisotopic (exact) mass is 997 g/mol. The summed E-state index contributed by atoms with van der Waals surface area (Å²) in [6.45, 7) is 6.64. The van der Waals surface area contributed by atoms with E-state index in [0.717, 1.165) is 70.6 Å². The van der Waals surface area contributed by atoms with E-state index >= 15 is 0 Å². The van der Waals surface area contributed by atoms with Crippen molar-refractivity contribution < 1.29 is 28.6 Å². The van der Waals surface area contributed by atoms with Crippen LogP contribution in [0.3, 0.4) is 0 Å². The number of carbonyl (C=O) groups excluding carboxylic acids is 3. The van der Waals surface area contributed by atoms with Crippen LogP contribution in [0.15, 0.2) is 36.5 Å². The number of ether oxygens (including phenoxy) is 3. The lowest BCUT2D eigenvalue weighted by Gasteiger charge is -2.18. The van der Waals surface area contributed by atoms with Crippen molar-refractivity contribution in [2.45, 2.75) is 348 Å². The van der Waals surface area contributed by atoms with E-state index in [1.165, 1.54) is 231 Å². The lowest BCUT2D eigenvalue weighted by Crippen LogP contribution is -2.30.